The molecule has 1 aliphatic heterocycles. The lowest BCUT2D eigenvalue weighted by atomic mass is 9.99. The van der Waals surface area contributed by atoms with Crippen molar-refractivity contribution in [2.45, 2.75) is 56.3 Å². The molecule has 0 aliphatic carbocycles. The number of aliphatic hydroxyl groups excluding tert-OH is 1. The van der Waals surface area contributed by atoms with Gasteiger partial charge in [-0.1, -0.05) is 89.8 Å². The first-order valence-electron chi connectivity index (χ1n) is 13.6. The van der Waals surface area contributed by atoms with Crippen molar-refractivity contribution in [1.82, 2.24) is 20.8 Å². The number of carbonyl (C=O) groups is 1. The number of rotatable bonds is 10. The molecule has 2 amide bonds. The minimum absolute atomic E-state index is 0.0119. The molecule has 214 valence electrons. The molecule has 3 atom stereocenters. The molecule has 1 aromatic heterocycles. The SMILES string of the molecule is CCNC(=O)NCc1cccc(-c2ccc([C@@H]3O[C@H](CSc4nnc(C)s4)C[C@H](c4ccc(CO)cc4)O3)cc2)c1. The number of aliphatic hydroxyl groups is 1. The predicted molar refractivity (Wildman–Crippen MR) is 162 cm³/mol. The molecule has 3 aromatic carbocycles. The Morgan fingerprint density at radius 3 is 2.46 bits per heavy atom. The molecular weight excluding hydrogens is 556 g/mol. The van der Waals surface area contributed by atoms with Crippen molar-refractivity contribution in [3.63, 3.8) is 0 Å². The minimum atomic E-state index is -0.519. The van der Waals surface area contributed by atoms with Crippen molar-refractivity contribution >= 4 is 29.1 Å². The van der Waals surface area contributed by atoms with E-state index in [1.54, 1.807) is 23.1 Å². The monoisotopic (exact) mass is 590 g/mol. The zero-order chi connectivity index (χ0) is 28.6. The van der Waals surface area contributed by atoms with Gasteiger partial charge in [-0.3, -0.25) is 0 Å². The van der Waals surface area contributed by atoms with Crippen molar-refractivity contribution in [1.29, 1.82) is 0 Å². The number of hydrogen-bond acceptors (Lipinski definition) is 8. The van der Waals surface area contributed by atoms with Gasteiger partial charge in [0.05, 0.1) is 18.8 Å². The lowest BCUT2D eigenvalue weighted by Crippen LogP contribution is -2.34. The molecular formula is C31H34N4O4S2. The number of nitrogens with one attached hydrogen (secondary N) is 2. The lowest BCUT2D eigenvalue weighted by Gasteiger charge is -2.36. The minimum Gasteiger partial charge on any atom is -0.392 e. The summed E-state index contributed by atoms with van der Waals surface area (Å²) in [6.45, 7) is 4.91. The van der Waals surface area contributed by atoms with E-state index in [0.29, 0.717) is 13.1 Å². The largest absolute Gasteiger partial charge is 0.392 e. The number of ether oxygens (including phenoxy) is 2. The van der Waals surface area contributed by atoms with Crippen LogP contribution in [0.3, 0.4) is 0 Å². The Hall–Kier alpha value is -3.28. The fourth-order valence-electron chi connectivity index (χ4n) is 4.62. The number of hydrogen-bond donors (Lipinski definition) is 3. The Kier molecular flexibility index (Phi) is 10.0. The van der Waals surface area contributed by atoms with Gasteiger partial charge in [0.25, 0.3) is 0 Å². The zero-order valence-corrected chi connectivity index (χ0v) is 24.7. The number of amides is 2. The summed E-state index contributed by atoms with van der Waals surface area (Å²) in [7, 11) is 0. The number of urea groups is 1. The predicted octanol–water partition coefficient (Wildman–Crippen LogP) is 6.16. The highest BCUT2D eigenvalue weighted by Gasteiger charge is 2.32. The van der Waals surface area contributed by atoms with Gasteiger partial charge in [0.2, 0.25) is 0 Å². The van der Waals surface area contributed by atoms with E-state index in [0.717, 1.165) is 54.9 Å². The van der Waals surface area contributed by atoms with Gasteiger partial charge >= 0.3 is 6.03 Å². The third-order valence-corrected chi connectivity index (χ3v) is 8.85. The maximum atomic E-state index is 11.8. The van der Waals surface area contributed by atoms with Crippen LogP contribution >= 0.6 is 23.1 Å². The Bertz CT molecular complexity index is 1430. The van der Waals surface area contributed by atoms with Crippen LogP contribution < -0.4 is 10.6 Å². The number of nitrogens with zero attached hydrogens (tertiary/aromatic N) is 2. The van der Waals surface area contributed by atoms with E-state index in [9.17, 15) is 9.90 Å². The maximum Gasteiger partial charge on any atom is 0.315 e. The number of aromatic nitrogens is 2. The van der Waals surface area contributed by atoms with Crippen LogP contribution in [0.4, 0.5) is 4.79 Å². The van der Waals surface area contributed by atoms with Crippen LogP contribution in [-0.2, 0) is 22.6 Å². The van der Waals surface area contributed by atoms with Crippen LogP contribution in [-0.4, -0.2) is 39.7 Å². The Labute approximate surface area is 248 Å². The van der Waals surface area contributed by atoms with Gasteiger partial charge in [-0.15, -0.1) is 10.2 Å². The molecule has 3 N–H and O–H groups in total. The van der Waals surface area contributed by atoms with E-state index in [2.05, 4.69) is 57.2 Å². The fourth-order valence-corrected chi connectivity index (χ4v) is 6.48. The lowest BCUT2D eigenvalue weighted by molar-refractivity contribution is -0.245. The quantitative estimate of drug-likeness (QED) is 0.190. The van der Waals surface area contributed by atoms with Crippen LogP contribution in [0, 0.1) is 6.92 Å². The molecule has 0 bridgehead atoms. The van der Waals surface area contributed by atoms with Crippen molar-refractivity contribution in [2.24, 2.45) is 0 Å². The molecule has 5 rings (SSSR count). The van der Waals surface area contributed by atoms with Gasteiger partial charge in [-0.25, -0.2) is 4.79 Å². The number of benzene rings is 3. The summed E-state index contributed by atoms with van der Waals surface area (Å²) in [5.41, 5.74) is 6.04. The van der Waals surface area contributed by atoms with Crippen molar-refractivity contribution < 1.29 is 19.4 Å². The average molecular weight is 591 g/mol. The van der Waals surface area contributed by atoms with Gasteiger partial charge in [-0.05, 0) is 47.7 Å². The van der Waals surface area contributed by atoms with E-state index < -0.39 is 6.29 Å². The van der Waals surface area contributed by atoms with Gasteiger partial charge in [0.1, 0.15) is 5.01 Å². The molecule has 0 radical (unpaired) electrons. The van der Waals surface area contributed by atoms with E-state index in [1.165, 1.54) is 0 Å². The first-order valence-corrected chi connectivity index (χ1v) is 15.5. The Morgan fingerprint density at radius 1 is 0.976 bits per heavy atom. The number of carbonyl (C=O) groups excluding carboxylic acids is 1. The molecule has 0 spiro atoms. The third kappa shape index (κ3) is 7.93. The highest BCUT2D eigenvalue weighted by molar-refractivity contribution is 8.01. The topological polar surface area (TPSA) is 106 Å². The highest BCUT2D eigenvalue weighted by atomic mass is 32.2. The van der Waals surface area contributed by atoms with Crippen LogP contribution in [0.1, 0.15) is 53.0 Å². The molecule has 8 nitrogen and oxygen atoms in total. The summed E-state index contributed by atoms with van der Waals surface area (Å²) >= 11 is 3.25. The normalized spacial score (nSPS) is 18.7. The summed E-state index contributed by atoms with van der Waals surface area (Å²) in [6.07, 6.45) is 0.0144. The number of aryl methyl sites for hydroxylation is 1. The van der Waals surface area contributed by atoms with Crippen LogP contribution in [0.2, 0.25) is 0 Å². The highest BCUT2D eigenvalue weighted by Crippen LogP contribution is 2.40. The second-order valence-electron chi connectivity index (χ2n) is 9.78. The summed E-state index contributed by atoms with van der Waals surface area (Å²) < 4.78 is 13.9. The van der Waals surface area contributed by atoms with Gasteiger partial charge in [0, 0.05) is 30.8 Å². The molecule has 1 saturated heterocycles. The maximum absolute atomic E-state index is 11.8. The fraction of sp³-hybridized carbons (Fsp3) is 0.323. The number of thioether (sulfide) groups is 1. The first-order chi connectivity index (χ1) is 20.0. The van der Waals surface area contributed by atoms with Gasteiger partial charge in [0.15, 0.2) is 10.6 Å². The van der Waals surface area contributed by atoms with Crippen LogP contribution in [0.5, 0.6) is 0 Å². The molecule has 41 heavy (non-hydrogen) atoms. The zero-order valence-electron chi connectivity index (χ0n) is 23.1. The molecule has 0 unspecified atom stereocenters. The summed E-state index contributed by atoms with van der Waals surface area (Å²) in [6, 6.07) is 24.1. The third-order valence-electron chi connectivity index (χ3n) is 6.75. The molecule has 10 heteroatoms. The van der Waals surface area contributed by atoms with Gasteiger partial charge in [-0.2, -0.15) is 0 Å². The molecule has 1 aliphatic rings. The molecule has 1 fully saturated rings. The van der Waals surface area contributed by atoms with E-state index >= 15 is 0 Å². The summed E-state index contributed by atoms with van der Waals surface area (Å²) in [5, 5.41) is 24.4. The molecule has 4 aromatic rings. The van der Waals surface area contributed by atoms with Crippen molar-refractivity contribution in [3.8, 4) is 11.1 Å². The van der Waals surface area contributed by atoms with Crippen molar-refractivity contribution in [3.05, 3.63) is 100 Å². The summed E-state index contributed by atoms with van der Waals surface area (Å²) in [5.74, 6) is 0.745. The van der Waals surface area contributed by atoms with Crippen LogP contribution in [0.25, 0.3) is 11.1 Å². The Balaban J connectivity index is 1.30. The summed E-state index contributed by atoms with van der Waals surface area (Å²) in [4.78, 5) is 11.8. The molecule has 0 saturated carbocycles. The molecule has 2 heterocycles. The van der Waals surface area contributed by atoms with E-state index in [4.69, 9.17) is 9.47 Å². The Morgan fingerprint density at radius 2 is 1.76 bits per heavy atom. The van der Waals surface area contributed by atoms with Crippen molar-refractivity contribution in [2.75, 3.05) is 12.3 Å². The van der Waals surface area contributed by atoms with Crippen LogP contribution in [0.15, 0.2) is 77.1 Å². The standard InChI is InChI=1S/C31H34N4O4S2/c1-3-32-30(37)33-17-22-5-4-6-26(15-22)23-11-13-25(14-12-23)29-38-27(19-40-31-35-34-20(2)41-31)16-28(39-29)24-9-7-21(18-36)8-10-24/h4-15,27-29,36H,3,16-19H2,1-2H3,(H2,32,33,37)/t27-,28+,29+/m0/s1. The first kappa shape index (κ1) is 29.2. The van der Waals surface area contributed by atoms with E-state index in [-0.39, 0.29) is 24.8 Å². The second-order valence-corrected chi connectivity index (χ2v) is 12.2. The second kappa shape index (κ2) is 14.1. The van der Waals surface area contributed by atoms with E-state index in [1.807, 2.05) is 50.2 Å². The smallest absolute Gasteiger partial charge is 0.315 e. The average Bonchev–Trinajstić information content (AvgIpc) is 3.44. The van der Waals surface area contributed by atoms with Gasteiger partial charge < -0.3 is 25.2 Å².